The van der Waals surface area contributed by atoms with Gasteiger partial charge < -0.3 is 10.6 Å². The van der Waals surface area contributed by atoms with Crippen LogP contribution in [-0.4, -0.2) is 58.8 Å². The van der Waals surface area contributed by atoms with E-state index in [0.29, 0.717) is 0 Å². The number of aromatic nitrogens is 2. The maximum Gasteiger partial charge on any atom is 0.0534 e. The summed E-state index contributed by atoms with van der Waals surface area (Å²) in [5.41, 5.74) is 6.86. The largest absolute Gasteiger partial charge is 0.330 e. The molecule has 1 aromatic rings. The first-order valence-corrected chi connectivity index (χ1v) is 7.48. The maximum absolute atomic E-state index is 5.53. The predicted octanol–water partition coefficient (Wildman–Crippen LogP) is 0.760. The quantitative estimate of drug-likeness (QED) is 0.740. The highest BCUT2D eigenvalue weighted by Crippen LogP contribution is 2.08. The molecule has 0 spiro atoms. The zero-order chi connectivity index (χ0) is 13.5. The highest BCUT2D eigenvalue weighted by atomic mass is 15.3. The van der Waals surface area contributed by atoms with Crippen molar-refractivity contribution in [2.24, 2.45) is 5.73 Å². The minimum atomic E-state index is 0.821. The average molecular weight is 265 g/mol. The Morgan fingerprint density at radius 1 is 1.16 bits per heavy atom. The molecule has 1 aliphatic rings. The molecule has 1 fully saturated rings. The van der Waals surface area contributed by atoms with Crippen LogP contribution in [0.3, 0.4) is 0 Å². The number of rotatable bonds is 7. The minimum absolute atomic E-state index is 0.821. The Morgan fingerprint density at radius 3 is 2.53 bits per heavy atom. The average Bonchev–Trinajstić information content (AvgIpc) is 2.89. The van der Waals surface area contributed by atoms with Gasteiger partial charge >= 0.3 is 0 Å². The molecular weight excluding hydrogens is 238 g/mol. The lowest BCUT2D eigenvalue weighted by molar-refractivity contribution is 0.126. The number of piperazine rings is 1. The Kier molecular flexibility index (Phi) is 5.82. The van der Waals surface area contributed by atoms with Gasteiger partial charge in [0.1, 0.15) is 0 Å². The lowest BCUT2D eigenvalue weighted by Crippen LogP contribution is -2.46. The zero-order valence-electron chi connectivity index (χ0n) is 12.1. The van der Waals surface area contributed by atoms with Gasteiger partial charge in [0.25, 0.3) is 0 Å². The van der Waals surface area contributed by atoms with Crippen LogP contribution in [0.2, 0.25) is 0 Å². The monoisotopic (exact) mass is 265 g/mol. The minimum Gasteiger partial charge on any atom is -0.330 e. The Hall–Kier alpha value is -0.910. The molecule has 0 bridgehead atoms. The fraction of sp³-hybridized carbons (Fsp3) is 0.786. The van der Waals surface area contributed by atoms with Crippen LogP contribution in [0.5, 0.6) is 0 Å². The first-order valence-electron chi connectivity index (χ1n) is 7.48. The molecule has 108 valence electrons. The lowest BCUT2D eigenvalue weighted by atomic mass is 10.2. The summed E-state index contributed by atoms with van der Waals surface area (Å²) in [6.07, 6.45) is 6.54. The zero-order valence-corrected chi connectivity index (χ0v) is 12.1. The van der Waals surface area contributed by atoms with Gasteiger partial charge in [0.05, 0.1) is 6.20 Å². The molecule has 19 heavy (non-hydrogen) atoms. The van der Waals surface area contributed by atoms with Gasteiger partial charge in [-0.05, 0) is 32.9 Å². The fourth-order valence-electron chi connectivity index (χ4n) is 2.57. The van der Waals surface area contributed by atoms with Crippen LogP contribution in [0.15, 0.2) is 12.4 Å². The predicted molar refractivity (Wildman–Crippen MR) is 77.9 cm³/mol. The lowest BCUT2D eigenvalue weighted by Gasteiger charge is -2.34. The molecule has 0 atom stereocenters. The highest BCUT2D eigenvalue weighted by Gasteiger charge is 2.16. The summed E-state index contributed by atoms with van der Waals surface area (Å²) < 4.78 is 2.00. The van der Waals surface area contributed by atoms with Crippen molar-refractivity contribution in [3.63, 3.8) is 0 Å². The number of hydrogen-bond donors (Lipinski definition) is 1. The van der Waals surface area contributed by atoms with E-state index in [-0.39, 0.29) is 0 Å². The standard InChI is InChI=1S/C14H27N5/c1-2-19-13-14(11-16-19)12-18-9-7-17(8-10-18)6-4-3-5-15/h11,13H,2-10,12,15H2,1H3. The number of nitrogens with zero attached hydrogens (tertiary/aromatic N) is 4. The van der Waals surface area contributed by atoms with Gasteiger partial charge in [0.2, 0.25) is 0 Å². The van der Waals surface area contributed by atoms with Crippen LogP contribution in [0.4, 0.5) is 0 Å². The van der Waals surface area contributed by atoms with Crippen LogP contribution in [0.25, 0.3) is 0 Å². The molecular formula is C14H27N5. The van der Waals surface area contributed by atoms with E-state index in [1.165, 1.54) is 44.7 Å². The Bertz CT molecular complexity index is 354. The second-order valence-corrected chi connectivity index (χ2v) is 5.32. The number of unbranched alkanes of at least 4 members (excludes halogenated alkanes) is 1. The summed E-state index contributed by atoms with van der Waals surface area (Å²) in [5, 5.41) is 4.33. The van der Waals surface area contributed by atoms with Gasteiger partial charge in [-0.25, -0.2) is 0 Å². The first kappa shape index (κ1) is 14.5. The van der Waals surface area contributed by atoms with E-state index in [1.54, 1.807) is 0 Å². The van der Waals surface area contributed by atoms with Crippen molar-refractivity contribution < 1.29 is 0 Å². The van der Waals surface area contributed by atoms with Crippen molar-refractivity contribution in [2.75, 3.05) is 39.3 Å². The van der Waals surface area contributed by atoms with Gasteiger partial charge in [-0.3, -0.25) is 9.58 Å². The molecule has 2 rings (SSSR count). The molecule has 2 heterocycles. The second kappa shape index (κ2) is 7.62. The van der Waals surface area contributed by atoms with Crippen molar-refractivity contribution in [3.05, 3.63) is 18.0 Å². The maximum atomic E-state index is 5.53. The number of hydrogen-bond acceptors (Lipinski definition) is 4. The Labute approximate surface area is 116 Å². The number of aryl methyl sites for hydroxylation is 1. The molecule has 0 radical (unpaired) electrons. The van der Waals surface area contributed by atoms with Crippen LogP contribution < -0.4 is 5.73 Å². The first-order chi connectivity index (χ1) is 9.31. The summed E-state index contributed by atoms with van der Waals surface area (Å²) in [7, 11) is 0. The van der Waals surface area contributed by atoms with Crippen LogP contribution in [0, 0.1) is 0 Å². The third-order valence-corrected chi connectivity index (χ3v) is 3.81. The Balaban J connectivity index is 1.68. The summed E-state index contributed by atoms with van der Waals surface area (Å²) in [6, 6.07) is 0. The van der Waals surface area contributed by atoms with E-state index in [4.69, 9.17) is 5.73 Å². The molecule has 0 aromatic carbocycles. The van der Waals surface area contributed by atoms with Crippen molar-refractivity contribution in [2.45, 2.75) is 32.9 Å². The van der Waals surface area contributed by atoms with E-state index in [1.807, 2.05) is 10.9 Å². The van der Waals surface area contributed by atoms with Gasteiger partial charge in [-0.1, -0.05) is 0 Å². The summed E-state index contributed by atoms with van der Waals surface area (Å²) >= 11 is 0. The van der Waals surface area contributed by atoms with Crippen molar-refractivity contribution in [3.8, 4) is 0 Å². The Morgan fingerprint density at radius 2 is 1.89 bits per heavy atom. The third kappa shape index (κ3) is 4.60. The van der Waals surface area contributed by atoms with E-state index >= 15 is 0 Å². The SMILES string of the molecule is CCn1cc(CN2CCN(CCCCN)CC2)cn1. The van der Waals surface area contributed by atoms with Gasteiger partial charge in [-0.2, -0.15) is 5.10 Å². The summed E-state index contributed by atoms with van der Waals surface area (Å²) in [5.74, 6) is 0. The van der Waals surface area contributed by atoms with E-state index in [9.17, 15) is 0 Å². The third-order valence-electron chi connectivity index (χ3n) is 3.81. The second-order valence-electron chi connectivity index (χ2n) is 5.32. The van der Waals surface area contributed by atoms with Crippen molar-refractivity contribution >= 4 is 0 Å². The van der Waals surface area contributed by atoms with Gasteiger partial charge in [0.15, 0.2) is 0 Å². The van der Waals surface area contributed by atoms with Gasteiger partial charge in [-0.15, -0.1) is 0 Å². The van der Waals surface area contributed by atoms with Crippen LogP contribution in [-0.2, 0) is 13.1 Å². The number of nitrogens with two attached hydrogens (primary N) is 1. The van der Waals surface area contributed by atoms with E-state index in [2.05, 4.69) is 28.0 Å². The summed E-state index contributed by atoms with van der Waals surface area (Å²) in [6.45, 7) is 10.8. The van der Waals surface area contributed by atoms with Crippen LogP contribution >= 0.6 is 0 Å². The molecule has 0 aliphatic carbocycles. The van der Waals surface area contributed by atoms with E-state index < -0.39 is 0 Å². The van der Waals surface area contributed by atoms with Gasteiger partial charge in [0, 0.05) is 51.0 Å². The topological polar surface area (TPSA) is 50.3 Å². The highest BCUT2D eigenvalue weighted by molar-refractivity contribution is 5.03. The molecule has 1 aliphatic heterocycles. The smallest absolute Gasteiger partial charge is 0.0534 e. The molecule has 0 saturated carbocycles. The van der Waals surface area contributed by atoms with E-state index in [0.717, 1.165) is 26.1 Å². The molecule has 1 saturated heterocycles. The van der Waals surface area contributed by atoms with Crippen molar-refractivity contribution in [1.82, 2.24) is 19.6 Å². The molecule has 5 nitrogen and oxygen atoms in total. The molecule has 5 heteroatoms. The molecule has 0 unspecified atom stereocenters. The van der Waals surface area contributed by atoms with Crippen LogP contribution in [0.1, 0.15) is 25.3 Å². The normalized spacial score (nSPS) is 18.0. The molecule has 2 N–H and O–H groups in total. The molecule has 1 aromatic heterocycles. The fourth-order valence-corrected chi connectivity index (χ4v) is 2.57. The summed E-state index contributed by atoms with van der Waals surface area (Å²) in [4.78, 5) is 5.08. The molecule has 0 amide bonds. The van der Waals surface area contributed by atoms with Crippen molar-refractivity contribution in [1.29, 1.82) is 0 Å².